The van der Waals surface area contributed by atoms with E-state index in [4.69, 9.17) is 25.8 Å². The van der Waals surface area contributed by atoms with E-state index in [-0.39, 0.29) is 5.91 Å². The van der Waals surface area contributed by atoms with Gasteiger partial charge in [0.25, 0.3) is 0 Å². The number of nitrogens with zero attached hydrogens (tertiary/aromatic N) is 1. The number of amides is 1. The largest absolute Gasteiger partial charge is 0.491 e. The Morgan fingerprint density at radius 2 is 1.90 bits per heavy atom. The smallest absolute Gasteiger partial charge is 0.244 e. The number of methoxy groups -OCH3 is 1. The van der Waals surface area contributed by atoms with Crippen LogP contribution >= 0.6 is 11.6 Å². The van der Waals surface area contributed by atoms with E-state index < -0.39 is 0 Å². The molecule has 2 aromatic carbocycles. The van der Waals surface area contributed by atoms with Crippen molar-refractivity contribution >= 4 is 23.6 Å². The van der Waals surface area contributed by atoms with Crippen molar-refractivity contribution in [3.63, 3.8) is 0 Å². The fourth-order valence-corrected chi connectivity index (χ4v) is 3.64. The minimum absolute atomic E-state index is 0.178. The van der Waals surface area contributed by atoms with E-state index in [1.165, 1.54) is 11.6 Å². The number of hydrogen-bond donors (Lipinski definition) is 1. The first-order valence-corrected chi connectivity index (χ1v) is 10.8. The molecule has 0 aliphatic carbocycles. The summed E-state index contributed by atoms with van der Waals surface area (Å²) in [7, 11) is 1.54. The number of benzene rings is 2. The Labute approximate surface area is 188 Å². The highest BCUT2D eigenvalue weighted by molar-refractivity contribution is 6.32. The van der Waals surface area contributed by atoms with Crippen molar-refractivity contribution in [3.8, 4) is 11.5 Å². The lowest BCUT2D eigenvalue weighted by molar-refractivity contribution is -0.116. The predicted molar refractivity (Wildman–Crippen MR) is 123 cm³/mol. The van der Waals surface area contributed by atoms with Crippen molar-refractivity contribution in [1.82, 2.24) is 10.2 Å². The Morgan fingerprint density at radius 1 is 1.19 bits per heavy atom. The summed E-state index contributed by atoms with van der Waals surface area (Å²) in [6.45, 7) is 7.30. The van der Waals surface area contributed by atoms with Gasteiger partial charge in [0.05, 0.1) is 32.0 Å². The molecule has 1 saturated heterocycles. The standard InChI is InChI=1S/C24H29ClN2O4/c1-3-31-22-15-20(14-21(25)24(22)29-2)8-9-23(28)26-16-18-4-6-19(7-5-18)17-27-10-12-30-13-11-27/h4-9,14-15H,3,10-13,16-17H2,1-2H3,(H,26,28)/b9-8+. The van der Waals surface area contributed by atoms with Crippen LogP contribution in [0.25, 0.3) is 6.08 Å². The summed E-state index contributed by atoms with van der Waals surface area (Å²) in [5.74, 6) is 0.860. The Morgan fingerprint density at radius 3 is 2.58 bits per heavy atom. The van der Waals surface area contributed by atoms with Gasteiger partial charge in [-0.3, -0.25) is 9.69 Å². The van der Waals surface area contributed by atoms with Gasteiger partial charge >= 0.3 is 0 Å². The Balaban J connectivity index is 1.52. The summed E-state index contributed by atoms with van der Waals surface area (Å²) in [6, 6.07) is 11.9. The zero-order chi connectivity index (χ0) is 22.1. The lowest BCUT2D eigenvalue weighted by Crippen LogP contribution is -2.35. The molecule has 0 spiro atoms. The van der Waals surface area contributed by atoms with E-state index in [2.05, 4.69) is 34.5 Å². The second kappa shape index (κ2) is 11.7. The minimum atomic E-state index is -0.178. The normalized spacial score (nSPS) is 14.5. The third kappa shape index (κ3) is 6.99. The second-order valence-electron chi connectivity index (χ2n) is 7.22. The quantitative estimate of drug-likeness (QED) is 0.594. The van der Waals surface area contributed by atoms with E-state index in [0.717, 1.165) is 44.0 Å². The van der Waals surface area contributed by atoms with Gasteiger partial charge in [0.1, 0.15) is 0 Å². The molecule has 0 unspecified atom stereocenters. The molecule has 0 bridgehead atoms. The van der Waals surface area contributed by atoms with E-state index >= 15 is 0 Å². The molecule has 1 aliphatic heterocycles. The highest BCUT2D eigenvalue weighted by Crippen LogP contribution is 2.36. The summed E-state index contributed by atoms with van der Waals surface area (Å²) in [6.07, 6.45) is 3.19. The van der Waals surface area contributed by atoms with Gasteiger partial charge in [-0.25, -0.2) is 0 Å². The SMILES string of the molecule is CCOc1cc(/C=C/C(=O)NCc2ccc(CN3CCOCC3)cc2)cc(Cl)c1OC. The monoisotopic (exact) mass is 444 g/mol. The number of carbonyl (C=O) groups is 1. The van der Waals surface area contributed by atoms with Gasteiger partial charge < -0.3 is 19.5 Å². The zero-order valence-corrected chi connectivity index (χ0v) is 18.8. The summed E-state index contributed by atoms with van der Waals surface area (Å²) in [4.78, 5) is 14.6. The van der Waals surface area contributed by atoms with Crippen molar-refractivity contribution in [2.45, 2.75) is 20.0 Å². The first kappa shape index (κ1) is 23.1. The molecule has 0 atom stereocenters. The Kier molecular flexibility index (Phi) is 8.76. The number of halogens is 1. The van der Waals surface area contributed by atoms with Crippen molar-refractivity contribution < 1.29 is 19.0 Å². The maximum Gasteiger partial charge on any atom is 0.244 e. The third-order valence-electron chi connectivity index (χ3n) is 4.96. The molecule has 0 radical (unpaired) electrons. The number of morpholine rings is 1. The maximum absolute atomic E-state index is 12.2. The molecule has 7 heteroatoms. The zero-order valence-electron chi connectivity index (χ0n) is 18.0. The van der Waals surface area contributed by atoms with Crippen molar-refractivity contribution in [1.29, 1.82) is 0 Å². The highest BCUT2D eigenvalue weighted by Gasteiger charge is 2.11. The molecule has 166 valence electrons. The number of rotatable bonds is 9. The molecule has 1 amide bonds. The van der Waals surface area contributed by atoms with Crippen molar-refractivity contribution in [2.24, 2.45) is 0 Å². The number of hydrogen-bond acceptors (Lipinski definition) is 5. The molecule has 2 aromatic rings. The average molecular weight is 445 g/mol. The summed E-state index contributed by atoms with van der Waals surface area (Å²) in [5.41, 5.74) is 3.08. The Hall–Kier alpha value is -2.54. The predicted octanol–water partition coefficient (Wildman–Crippen LogP) is 3.91. The van der Waals surface area contributed by atoms with Gasteiger partial charge in [0.2, 0.25) is 5.91 Å². The van der Waals surface area contributed by atoms with Crippen LogP contribution in [0.15, 0.2) is 42.5 Å². The first-order chi connectivity index (χ1) is 15.1. The third-order valence-corrected chi connectivity index (χ3v) is 5.24. The first-order valence-electron chi connectivity index (χ1n) is 10.4. The van der Waals surface area contributed by atoms with Crippen LogP contribution in [0, 0.1) is 0 Å². The Bertz CT molecular complexity index is 893. The summed E-state index contributed by atoms with van der Waals surface area (Å²) >= 11 is 6.25. The van der Waals surface area contributed by atoms with Crippen LogP contribution in [0.4, 0.5) is 0 Å². The highest BCUT2D eigenvalue weighted by atomic mass is 35.5. The van der Waals surface area contributed by atoms with Gasteiger partial charge in [-0.15, -0.1) is 0 Å². The molecule has 3 rings (SSSR count). The van der Waals surface area contributed by atoms with E-state index in [9.17, 15) is 4.79 Å². The van der Waals surface area contributed by atoms with Crippen LogP contribution in [-0.4, -0.2) is 50.8 Å². The van der Waals surface area contributed by atoms with Gasteiger partial charge in [0.15, 0.2) is 11.5 Å². The lowest BCUT2D eigenvalue weighted by atomic mass is 10.1. The van der Waals surface area contributed by atoms with Crippen molar-refractivity contribution in [3.05, 3.63) is 64.2 Å². The van der Waals surface area contributed by atoms with Crippen molar-refractivity contribution in [2.75, 3.05) is 40.0 Å². The molecule has 31 heavy (non-hydrogen) atoms. The fourth-order valence-electron chi connectivity index (χ4n) is 3.35. The lowest BCUT2D eigenvalue weighted by Gasteiger charge is -2.26. The number of carbonyl (C=O) groups excluding carboxylic acids is 1. The van der Waals surface area contributed by atoms with Crippen LogP contribution in [0.1, 0.15) is 23.6 Å². The molecule has 1 fully saturated rings. The van der Waals surface area contributed by atoms with Crippen LogP contribution in [0.2, 0.25) is 5.02 Å². The van der Waals surface area contributed by atoms with E-state index in [0.29, 0.717) is 29.7 Å². The van der Waals surface area contributed by atoms with Gasteiger partial charge in [0, 0.05) is 32.3 Å². The van der Waals surface area contributed by atoms with Crippen LogP contribution in [0.5, 0.6) is 11.5 Å². The topological polar surface area (TPSA) is 60.0 Å². The number of nitrogens with one attached hydrogen (secondary N) is 1. The molecule has 1 N–H and O–H groups in total. The minimum Gasteiger partial charge on any atom is -0.491 e. The molecule has 1 aliphatic rings. The molecule has 1 heterocycles. The van der Waals surface area contributed by atoms with Crippen LogP contribution in [-0.2, 0) is 22.6 Å². The summed E-state index contributed by atoms with van der Waals surface area (Å²) in [5, 5.41) is 3.34. The second-order valence-corrected chi connectivity index (χ2v) is 7.63. The molecule has 6 nitrogen and oxygen atoms in total. The van der Waals surface area contributed by atoms with Gasteiger partial charge in [-0.1, -0.05) is 35.9 Å². The maximum atomic E-state index is 12.2. The van der Waals surface area contributed by atoms with Crippen LogP contribution < -0.4 is 14.8 Å². The van der Waals surface area contributed by atoms with Crippen LogP contribution in [0.3, 0.4) is 0 Å². The van der Waals surface area contributed by atoms with E-state index in [1.54, 1.807) is 25.3 Å². The summed E-state index contributed by atoms with van der Waals surface area (Å²) < 4.78 is 16.2. The van der Waals surface area contributed by atoms with E-state index in [1.807, 2.05) is 6.92 Å². The molecular weight excluding hydrogens is 416 g/mol. The fraction of sp³-hybridized carbons (Fsp3) is 0.375. The molecule has 0 aromatic heterocycles. The van der Waals surface area contributed by atoms with Gasteiger partial charge in [-0.05, 0) is 41.8 Å². The number of ether oxygens (including phenoxy) is 3. The molecule has 0 saturated carbocycles. The molecular formula is C24H29ClN2O4. The van der Waals surface area contributed by atoms with Gasteiger partial charge in [-0.2, -0.15) is 0 Å². The average Bonchev–Trinajstić information content (AvgIpc) is 2.78.